The number of terminal acetylenes is 3. The van der Waals surface area contributed by atoms with Crippen LogP contribution in [0.1, 0.15) is 29.6 Å². The molecule has 0 aliphatic carbocycles. The predicted octanol–water partition coefficient (Wildman–Crippen LogP) is 1.71. The van der Waals surface area contributed by atoms with Gasteiger partial charge in [0.2, 0.25) is 5.91 Å². The van der Waals surface area contributed by atoms with E-state index in [9.17, 15) is 19.8 Å². The van der Waals surface area contributed by atoms with Crippen LogP contribution in [0, 0.1) is 38.5 Å². The van der Waals surface area contributed by atoms with E-state index < -0.39 is 18.2 Å². The van der Waals surface area contributed by atoms with E-state index >= 15 is 0 Å². The maximum atomic E-state index is 11.9. The first-order valence-corrected chi connectivity index (χ1v) is 7.63. The van der Waals surface area contributed by atoms with Crippen LogP contribution in [0.3, 0.4) is 0 Å². The number of hydrogen-bond donors (Lipinski definition) is 4. The van der Waals surface area contributed by atoms with Gasteiger partial charge in [-0.1, -0.05) is 0 Å². The maximum absolute atomic E-state index is 11.9. The summed E-state index contributed by atoms with van der Waals surface area (Å²) in [5.74, 6) is -2.04. The summed E-state index contributed by atoms with van der Waals surface area (Å²) in [6.45, 7) is 0.511. The van der Waals surface area contributed by atoms with Crippen LogP contribution in [0.15, 0.2) is 18.2 Å². The zero-order valence-electron chi connectivity index (χ0n) is 14.7. The van der Waals surface area contributed by atoms with Gasteiger partial charge in [-0.05, 0) is 31.0 Å². The first kappa shape index (κ1) is 25.8. The Morgan fingerprint density at radius 1 is 1.15 bits per heavy atom. The number of rotatable bonds is 4. The predicted molar refractivity (Wildman–Crippen MR) is 103 cm³/mol. The molecule has 1 fully saturated rings. The smallest absolute Gasteiger partial charge is 0.339 e. The summed E-state index contributed by atoms with van der Waals surface area (Å²) in [7, 11) is 0. The van der Waals surface area contributed by atoms with Crippen LogP contribution in [-0.4, -0.2) is 46.0 Å². The summed E-state index contributed by atoms with van der Waals surface area (Å²) in [4.78, 5) is 22.8. The maximum Gasteiger partial charge on any atom is 0.339 e. The molecule has 0 unspecified atom stereocenters. The average molecular weight is 373 g/mol. The number of anilines is 1. The molecule has 1 aromatic carbocycles. The molecule has 1 aliphatic heterocycles. The number of carbonyl (C=O) groups excluding carboxylic acids is 1. The quantitative estimate of drug-likeness (QED) is 0.472. The Morgan fingerprint density at radius 3 is 2.26 bits per heavy atom. The van der Waals surface area contributed by atoms with E-state index in [0.29, 0.717) is 13.0 Å². The molecule has 0 bridgehead atoms. The third-order valence-corrected chi connectivity index (χ3v) is 3.30. The van der Waals surface area contributed by atoms with Crippen LogP contribution in [0.4, 0.5) is 5.69 Å². The van der Waals surface area contributed by atoms with Crippen molar-refractivity contribution >= 4 is 17.6 Å². The molecule has 1 aromatic rings. The molecule has 0 saturated carbocycles. The number of carboxylic acid groups (broad SMARTS) is 1. The minimum atomic E-state index is -1.28. The number of ether oxygens (including phenoxy) is 1. The van der Waals surface area contributed by atoms with E-state index in [4.69, 9.17) is 9.84 Å². The fourth-order valence-corrected chi connectivity index (χ4v) is 2.20. The van der Waals surface area contributed by atoms with Crippen LogP contribution in [0.2, 0.25) is 0 Å². The van der Waals surface area contributed by atoms with Gasteiger partial charge < -0.3 is 25.4 Å². The second-order valence-electron chi connectivity index (χ2n) is 4.91. The number of nitrogens with one attached hydrogen (secondary N) is 1. The topological polar surface area (TPSA) is 116 Å². The second-order valence-corrected chi connectivity index (χ2v) is 4.91. The summed E-state index contributed by atoms with van der Waals surface area (Å²) in [5, 5.41) is 30.5. The van der Waals surface area contributed by atoms with E-state index in [0.717, 1.165) is 6.42 Å². The molecular formula is C20H23NO6. The van der Waals surface area contributed by atoms with Crippen molar-refractivity contribution in [3.63, 3.8) is 0 Å². The number of aromatic hydroxyl groups is 1. The van der Waals surface area contributed by atoms with Crippen molar-refractivity contribution in [2.45, 2.75) is 31.5 Å². The Hall–Kier alpha value is -3.44. The van der Waals surface area contributed by atoms with Crippen molar-refractivity contribution < 1.29 is 29.6 Å². The molecule has 27 heavy (non-hydrogen) atoms. The fourth-order valence-electron chi connectivity index (χ4n) is 2.20. The van der Waals surface area contributed by atoms with Gasteiger partial charge in [-0.25, -0.2) is 4.79 Å². The number of hydrogen-bond acceptors (Lipinski definition) is 5. The molecule has 1 amide bonds. The number of aliphatic hydroxyl groups is 1. The van der Waals surface area contributed by atoms with Crippen LogP contribution >= 0.6 is 0 Å². The first-order chi connectivity index (χ1) is 13.0. The number of phenols is 1. The van der Waals surface area contributed by atoms with E-state index in [1.54, 1.807) is 0 Å². The number of benzene rings is 1. The normalized spacial score (nSPS) is 17.1. The minimum Gasteiger partial charge on any atom is -0.507 e. The van der Waals surface area contributed by atoms with Gasteiger partial charge in [0, 0.05) is 12.3 Å². The summed E-state index contributed by atoms with van der Waals surface area (Å²) in [6.07, 6.45) is 24.1. The minimum absolute atomic E-state index is 0.00948. The average Bonchev–Trinajstić information content (AvgIpc) is 2.69. The van der Waals surface area contributed by atoms with Gasteiger partial charge in [-0.3, -0.25) is 4.79 Å². The number of carbonyl (C=O) groups is 2. The van der Waals surface area contributed by atoms with Gasteiger partial charge >= 0.3 is 5.97 Å². The molecule has 2 atom stereocenters. The van der Waals surface area contributed by atoms with Crippen molar-refractivity contribution in [3.05, 3.63) is 23.8 Å². The van der Waals surface area contributed by atoms with Gasteiger partial charge in [0.05, 0.1) is 18.6 Å². The molecule has 0 spiro atoms. The molecular weight excluding hydrogens is 350 g/mol. The lowest BCUT2D eigenvalue weighted by atomic mass is 10.0. The zero-order valence-corrected chi connectivity index (χ0v) is 14.7. The number of amides is 1. The first-order valence-electron chi connectivity index (χ1n) is 7.63. The van der Waals surface area contributed by atoms with Gasteiger partial charge in [0.15, 0.2) is 0 Å². The Kier molecular flexibility index (Phi) is 14.2. The van der Waals surface area contributed by atoms with Crippen molar-refractivity contribution in [1.29, 1.82) is 0 Å². The van der Waals surface area contributed by atoms with E-state index in [1.807, 2.05) is 0 Å². The van der Waals surface area contributed by atoms with Crippen LogP contribution in [0.5, 0.6) is 5.75 Å². The Balaban J connectivity index is 0. The van der Waals surface area contributed by atoms with Crippen LogP contribution in [0.25, 0.3) is 0 Å². The Labute approximate surface area is 159 Å². The highest BCUT2D eigenvalue weighted by Crippen LogP contribution is 2.22. The van der Waals surface area contributed by atoms with Crippen molar-refractivity contribution in [2.75, 3.05) is 11.9 Å². The third-order valence-electron chi connectivity index (χ3n) is 3.30. The van der Waals surface area contributed by atoms with Gasteiger partial charge in [-0.15, -0.1) is 38.5 Å². The fraction of sp³-hybridized carbons (Fsp3) is 0.300. The SMILES string of the molecule is C#C.C#C.C#C.O=C(C[C@@H]1OCCC[C@@H]1O)Nc1ccc(O)c(C(=O)O)c1. The van der Waals surface area contributed by atoms with Crippen molar-refractivity contribution in [1.82, 2.24) is 0 Å². The lowest BCUT2D eigenvalue weighted by Gasteiger charge is -2.27. The lowest BCUT2D eigenvalue weighted by Crippen LogP contribution is -2.37. The molecule has 1 saturated heterocycles. The molecule has 1 heterocycles. The highest BCUT2D eigenvalue weighted by atomic mass is 16.5. The van der Waals surface area contributed by atoms with E-state index in [2.05, 4.69) is 43.9 Å². The molecule has 2 rings (SSSR count). The molecule has 0 radical (unpaired) electrons. The largest absolute Gasteiger partial charge is 0.507 e. The highest BCUT2D eigenvalue weighted by molar-refractivity contribution is 5.95. The van der Waals surface area contributed by atoms with Gasteiger partial charge in [-0.2, -0.15) is 0 Å². The summed E-state index contributed by atoms with van der Waals surface area (Å²) >= 11 is 0. The Bertz CT molecular complexity index is 648. The second kappa shape index (κ2) is 14.9. The van der Waals surface area contributed by atoms with Crippen LogP contribution < -0.4 is 5.32 Å². The summed E-state index contributed by atoms with van der Waals surface area (Å²) in [5.41, 5.74) is -0.0257. The van der Waals surface area contributed by atoms with E-state index in [1.165, 1.54) is 18.2 Å². The molecule has 1 aliphatic rings. The third kappa shape index (κ3) is 9.00. The number of aliphatic hydroxyl groups excluding tert-OH is 1. The highest BCUT2D eigenvalue weighted by Gasteiger charge is 2.26. The molecule has 7 heteroatoms. The van der Waals surface area contributed by atoms with Crippen molar-refractivity contribution in [3.8, 4) is 44.3 Å². The number of carboxylic acids is 1. The lowest BCUT2D eigenvalue weighted by molar-refractivity contribution is -0.125. The van der Waals surface area contributed by atoms with Crippen LogP contribution in [-0.2, 0) is 9.53 Å². The van der Waals surface area contributed by atoms with Gasteiger partial charge in [0.1, 0.15) is 11.3 Å². The van der Waals surface area contributed by atoms with Gasteiger partial charge in [0.25, 0.3) is 0 Å². The standard InChI is InChI=1S/C14H17NO6.3C2H2/c16-10-4-3-8(6-9(10)14(19)20)15-13(18)7-12-11(17)2-1-5-21-12;3*1-2/h3-4,6,11-12,16-17H,1-2,5,7H2,(H,15,18)(H,19,20);3*1-2H/t11-,12-;;;/m0.../s1. The molecule has 0 aromatic heterocycles. The molecule has 144 valence electrons. The molecule has 4 N–H and O–H groups in total. The summed E-state index contributed by atoms with van der Waals surface area (Å²) in [6, 6.07) is 3.77. The Morgan fingerprint density at radius 2 is 1.74 bits per heavy atom. The monoisotopic (exact) mass is 373 g/mol. The summed E-state index contributed by atoms with van der Waals surface area (Å²) < 4.78 is 5.33. The van der Waals surface area contributed by atoms with E-state index in [-0.39, 0.29) is 29.3 Å². The van der Waals surface area contributed by atoms with Crippen molar-refractivity contribution in [2.24, 2.45) is 0 Å². The zero-order chi connectivity index (χ0) is 21.4. The molecule has 7 nitrogen and oxygen atoms in total. The number of aromatic carboxylic acids is 1.